The topological polar surface area (TPSA) is 69.9 Å². The van der Waals surface area contributed by atoms with Gasteiger partial charge in [-0.3, -0.25) is 0 Å². The summed E-state index contributed by atoms with van der Waals surface area (Å²) in [5, 5.41) is 28.9. The van der Waals surface area contributed by atoms with Crippen LogP contribution in [-0.4, -0.2) is 20.9 Å². The predicted molar refractivity (Wildman–Crippen MR) is 56.6 cm³/mol. The van der Waals surface area contributed by atoms with Gasteiger partial charge in [-0.1, -0.05) is 20.8 Å². The van der Waals surface area contributed by atoms with Gasteiger partial charge in [-0.25, -0.2) is 0 Å². The van der Waals surface area contributed by atoms with Crippen LogP contribution in [0.3, 0.4) is 0 Å². The predicted octanol–water partition coefficient (Wildman–Crippen LogP) is 3.08. The summed E-state index contributed by atoms with van der Waals surface area (Å²) in [6.45, 7) is 5.54. The summed E-state index contributed by atoms with van der Waals surface area (Å²) < 4.78 is 5.58. The van der Waals surface area contributed by atoms with Crippen molar-refractivity contribution in [1.29, 1.82) is 0 Å². The highest BCUT2D eigenvalue weighted by atomic mass is 16.5. The minimum Gasteiger partial charge on any atom is -0.505 e. The Morgan fingerprint density at radius 3 is 1.93 bits per heavy atom. The van der Waals surface area contributed by atoms with Crippen molar-refractivity contribution >= 4 is 0 Å². The summed E-state index contributed by atoms with van der Waals surface area (Å²) >= 11 is 0. The number of allylic oxidation sites excluding steroid dienone is 1. The Labute approximate surface area is 89.5 Å². The third-order valence-electron chi connectivity index (χ3n) is 2.93. The molecule has 0 spiro atoms. The Morgan fingerprint density at radius 1 is 1.00 bits per heavy atom. The van der Waals surface area contributed by atoms with Gasteiger partial charge < -0.3 is 20.1 Å². The quantitative estimate of drug-likeness (QED) is 0.675. The number of aliphatic hydroxyl groups is 3. The molecule has 1 heterocycles. The maximum Gasteiger partial charge on any atom is 0.203 e. The summed E-state index contributed by atoms with van der Waals surface area (Å²) in [4.78, 5) is 0. The van der Waals surface area contributed by atoms with Crippen LogP contribution in [0.25, 0.3) is 0 Å². The molecule has 0 radical (unpaired) electrons. The number of rotatable bonds is 3. The molecule has 3 N–H and O–H groups in total. The minimum absolute atomic E-state index is 0.276. The molecular weight excluding hydrogens is 196 g/mol. The molecule has 86 valence electrons. The molecule has 4 nitrogen and oxygen atoms in total. The second-order valence-electron chi connectivity index (χ2n) is 3.63. The van der Waals surface area contributed by atoms with Gasteiger partial charge in [-0.15, -0.1) is 0 Å². The van der Waals surface area contributed by atoms with Gasteiger partial charge in [-0.2, -0.15) is 0 Å². The lowest BCUT2D eigenvalue weighted by atomic mass is 9.91. The summed E-state index contributed by atoms with van der Waals surface area (Å²) in [6, 6.07) is 0. The molecule has 1 rings (SSSR count). The SMILES string of the molecule is CCC1=C(O)C(O)=C(O)C(CC)(CC)O1. The maximum atomic E-state index is 9.78. The van der Waals surface area contributed by atoms with Crippen LogP contribution in [0.1, 0.15) is 40.0 Å². The summed E-state index contributed by atoms with van der Waals surface area (Å²) in [7, 11) is 0. The number of ether oxygens (including phenoxy) is 1. The summed E-state index contributed by atoms with van der Waals surface area (Å²) in [5.41, 5.74) is -0.887. The molecule has 0 unspecified atom stereocenters. The summed E-state index contributed by atoms with van der Waals surface area (Å²) in [6.07, 6.45) is 1.55. The van der Waals surface area contributed by atoms with Gasteiger partial charge in [-0.05, 0) is 12.8 Å². The highest BCUT2D eigenvalue weighted by Gasteiger charge is 2.41. The van der Waals surface area contributed by atoms with E-state index < -0.39 is 11.4 Å². The smallest absolute Gasteiger partial charge is 0.203 e. The van der Waals surface area contributed by atoms with E-state index in [1.165, 1.54) is 0 Å². The zero-order valence-corrected chi connectivity index (χ0v) is 9.37. The molecule has 0 amide bonds. The van der Waals surface area contributed by atoms with Crippen LogP contribution in [0.15, 0.2) is 23.0 Å². The monoisotopic (exact) mass is 214 g/mol. The van der Waals surface area contributed by atoms with Crippen molar-refractivity contribution in [3.63, 3.8) is 0 Å². The van der Waals surface area contributed by atoms with Crippen LogP contribution in [0.5, 0.6) is 0 Å². The van der Waals surface area contributed by atoms with Crippen LogP contribution < -0.4 is 0 Å². The van der Waals surface area contributed by atoms with E-state index in [2.05, 4.69) is 0 Å². The molecule has 0 atom stereocenters. The molecule has 0 aromatic carbocycles. The first-order chi connectivity index (χ1) is 7.02. The molecule has 1 aliphatic rings. The van der Waals surface area contributed by atoms with Gasteiger partial charge in [0.1, 0.15) is 5.76 Å². The molecule has 15 heavy (non-hydrogen) atoms. The zero-order valence-electron chi connectivity index (χ0n) is 9.37. The number of hydrogen-bond acceptors (Lipinski definition) is 4. The molecule has 4 heteroatoms. The van der Waals surface area contributed by atoms with Crippen molar-refractivity contribution in [1.82, 2.24) is 0 Å². The van der Waals surface area contributed by atoms with Crippen LogP contribution in [0.2, 0.25) is 0 Å². The fraction of sp³-hybridized carbons (Fsp3) is 0.636. The van der Waals surface area contributed by atoms with Crippen LogP contribution >= 0.6 is 0 Å². The van der Waals surface area contributed by atoms with E-state index in [4.69, 9.17) is 4.74 Å². The Balaban J connectivity index is 3.23. The van der Waals surface area contributed by atoms with E-state index in [1.807, 2.05) is 20.8 Å². The Morgan fingerprint density at radius 2 is 1.53 bits per heavy atom. The van der Waals surface area contributed by atoms with E-state index in [1.54, 1.807) is 0 Å². The van der Waals surface area contributed by atoms with E-state index in [-0.39, 0.29) is 11.5 Å². The number of hydrogen-bond donors (Lipinski definition) is 3. The fourth-order valence-electron chi connectivity index (χ4n) is 1.76. The highest BCUT2D eigenvalue weighted by Crippen LogP contribution is 2.38. The number of aliphatic hydroxyl groups excluding tert-OH is 3. The van der Waals surface area contributed by atoms with Crippen LogP contribution in [0, 0.1) is 0 Å². The van der Waals surface area contributed by atoms with Crippen molar-refractivity contribution in [3.8, 4) is 0 Å². The molecule has 0 fully saturated rings. The van der Waals surface area contributed by atoms with Gasteiger partial charge >= 0.3 is 0 Å². The average molecular weight is 214 g/mol. The van der Waals surface area contributed by atoms with Crippen molar-refractivity contribution in [2.75, 3.05) is 0 Å². The van der Waals surface area contributed by atoms with Crippen LogP contribution in [0.4, 0.5) is 0 Å². The Hall–Kier alpha value is -1.32. The molecule has 0 aromatic heterocycles. The van der Waals surface area contributed by atoms with E-state index in [9.17, 15) is 15.3 Å². The second kappa shape index (κ2) is 4.04. The first kappa shape index (κ1) is 11.8. The summed E-state index contributed by atoms with van der Waals surface area (Å²) in [5.74, 6) is -0.759. The molecule has 0 saturated heterocycles. The lowest BCUT2D eigenvalue weighted by molar-refractivity contribution is -0.0318. The molecule has 0 saturated carbocycles. The standard InChI is InChI=1S/C11H18O4/c1-4-7-8(12)9(13)10(14)11(5-2,6-3)15-7/h12-14H,4-6H2,1-3H3. The van der Waals surface area contributed by atoms with Crippen LogP contribution in [-0.2, 0) is 4.74 Å². The van der Waals surface area contributed by atoms with Crippen molar-refractivity contribution < 1.29 is 20.1 Å². The fourth-order valence-corrected chi connectivity index (χ4v) is 1.76. The average Bonchev–Trinajstić information content (AvgIpc) is 2.27. The Bertz CT molecular complexity index is 311. The molecule has 0 aliphatic carbocycles. The third kappa shape index (κ3) is 1.64. The lowest BCUT2D eigenvalue weighted by Crippen LogP contribution is -2.37. The zero-order chi connectivity index (χ0) is 11.6. The van der Waals surface area contributed by atoms with Gasteiger partial charge in [0.15, 0.2) is 17.1 Å². The van der Waals surface area contributed by atoms with Gasteiger partial charge in [0.25, 0.3) is 0 Å². The molecule has 1 aliphatic heterocycles. The largest absolute Gasteiger partial charge is 0.505 e. The van der Waals surface area contributed by atoms with Crippen molar-refractivity contribution in [3.05, 3.63) is 23.0 Å². The van der Waals surface area contributed by atoms with Gasteiger partial charge in [0.2, 0.25) is 5.76 Å². The third-order valence-corrected chi connectivity index (χ3v) is 2.93. The maximum absolute atomic E-state index is 9.78. The van der Waals surface area contributed by atoms with Crippen molar-refractivity contribution in [2.24, 2.45) is 0 Å². The normalized spacial score (nSPS) is 20.5. The lowest BCUT2D eigenvalue weighted by Gasteiger charge is -2.36. The minimum atomic E-state index is -0.887. The second-order valence-corrected chi connectivity index (χ2v) is 3.63. The highest BCUT2D eigenvalue weighted by molar-refractivity contribution is 5.32. The molecule has 0 aromatic rings. The molecular formula is C11H18O4. The van der Waals surface area contributed by atoms with E-state index >= 15 is 0 Å². The van der Waals surface area contributed by atoms with E-state index in [0.717, 1.165) is 0 Å². The van der Waals surface area contributed by atoms with E-state index in [0.29, 0.717) is 25.0 Å². The molecule has 0 bridgehead atoms. The van der Waals surface area contributed by atoms with Gasteiger partial charge in [0, 0.05) is 6.42 Å². The first-order valence-corrected chi connectivity index (χ1v) is 5.26. The van der Waals surface area contributed by atoms with Crippen molar-refractivity contribution in [2.45, 2.75) is 45.6 Å². The Kier molecular flexibility index (Phi) is 3.17. The first-order valence-electron chi connectivity index (χ1n) is 5.26. The van der Waals surface area contributed by atoms with Gasteiger partial charge in [0.05, 0.1) is 0 Å².